The second-order valence-corrected chi connectivity index (χ2v) is 7.98. The monoisotopic (exact) mass is 381 g/mol. The molecule has 1 heterocycles. The first-order valence-corrected chi connectivity index (χ1v) is 8.78. The molecule has 0 fully saturated rings. The van der Waals surface area contributed by atoms with Gasteiger partial charge in [0.2, 0.25) is 0 Å². The van der Waals surface area contributed by atoms with Crippen molar-refractivity contribution in [1.29, 1.82) is 0 Å². The van der Waals surface area contributed by atoms with Gasteiger partial charge in [0.25, 0.3) is 0 Å². The summed E-state index contributed by atoms with van der Waals surface area (Å²) < 4.78 is 1.08. The fraction of sp³-hybridized carbons (Fsp3) is 0.353. The Labute approximate surface area is 143 Å². The molecule has 0 unspecified atom stereocenters. The molecule has 118 valence electrons. The number of hydrogen-bond acceptors (Lipinski definition) is 3. The molecule has 0 bridgehead atoms. The van der Waals surface area contributed by atoms with Crippen LogP contribution in [0.5, 0.6) is 0 Å². The highest BCUT2D eigenvalue weighted by atomic mass is 79.9. The van der Waals surface area contributed by atoms with Gasteiger partial charge in [0.1, 0.15) is 0 Å². The molecule has 2 aromatic rings. The number of thiophene rings is 1. The average molecular weight is 382 g/mol. The molecule has 0 amide bonds. The zero-order valence-corrected chi connectivity index (χ0v) is 15.1. The van der Waals surface area contributed by atoms with E-state index in [2.05, 4.69) is 45.5 Å². The van der Waals surface area contributed by atoms with Crippen molar-refractivity contribution in [1.82, 2.24) is 5.32 Å². The molecule has 0 aliphatic heterocycles. The summed E-state index contributed by atoms with van der Waals surface area (Å²) in [6, 6.07) is 12.5. The van der Waals surface area contributed by atoms with Crippen LogP contribution in [0.2, 0.25) is 0 Å². The Kier molecular flexibility index (Phi) is 5.78. The fourth-order valence-electron chi connectivity index (χ4n) is 1.99. The molecule has 22 heavy (non-hydrogen) atoms. The molecule has 0 saturated heterocycles. The number of rotatable bonds is 7. The van der Waals surface area contributed by atoms with E-state index in [0.717, 1.165) is 11.0 Å². The Morgan fingerprint density at radius 3 is 2.77 bits per heavy atom. The van der Waals surface area contributed by atoms with Gasteiger partial charge < -0.3 is 10.4 Å². The summed E-state index contributed by atoms with van der Waals surface area (Å²) in [6.45, 7) is 4.98. The van der Waals surface area contributed by atoms with Gasteiger partial charge in [-0.2, -0.15) is 0 Å². The van der Waals surface area contributed by atoms with Crippen LogP contribution in [0, 0.1) is 5.41 Å². The van der Waals surface area contributed by atoms with Crippen molar-refractivity contribution < 1.29 is 9.90 Å². The number of nitrogens with one attached hydrogen (secondary N) is 1. The molecule has 5 heteroatoms. The van der Waals surface area contributed by atoms with Gasteiger partial charge in [-0.05, 0) is 56.6 Å². The minimum Gasteiger partial charge on any atom is -0.481 e. The third kappa shape index (κ3) is 4.66. The number of benzene rings is 1. The zero-order chi connectivity index (χ0) is 16.2. The highest BCUT2D eigenvalue weighted by Crippen LogP contribution is 2.29. The maximum absolute atomic E-state index is 11.0. The number of carbonyl (C=O) groups is 1. The first-order valence-electron chi connectivity index (χ1n) is 7.17. The molecule has 1 aromatic carbocycles. The van der Waals surface area contributed by atoms with E-state index in [1.165, 1.54) is 15.3 Å². The van der Waals surface area contributed by atoms with E-state index in [4.69, 9.17) is 5.11 Å². The van der Waals surface area contributed by atoms with Gasteiger partial charge in [-0.3, -0.25) is 4.79 Å². The van der Waals surface area contributed by atoms with E-state index in [-0.39, 0.29) is 0 Å². The molecular weight excluding hydrogens is 362 g/mol. The van der Waals surface area contributed by atoms with Gasteiger partial charge in [-0.25, -0.2) is 0 Å². The molecule has 0 spiro atoms. The Bertz CT molecular complexity index is 652. The lowest BCUT2D eigenvalue weighted by Crippen LogP contribution is -2.28. The highest BCUT2D eigenvalue weighted by Gasteiger charge is 2.26. The lowest BCUT2D eigenvalue weighted by Gasteiger charge is -2.18. The minimum atomic E-state index is -0.748. The maximum atomic E-state index is 11.0. The van der Waals surface area contributed by atoms with Gasteiger partial charge >= 0.3 is 5.97 Å². The summed E-state index contributed by atoms with van der Waals surface area (Å²) in [5.74, 6) is -0.748. The topological polar surface area (TPSA) is 49.3 Å². The zero-order valence-electron chi connectivity index (χ0n) is 12.7. The Balaban J connectivity index is 1.87. The van der Waals surface area contributed by atoms with Crippen LogP contribution in [-0.4, -0.2) is 17.6 Å². The third-order valence-corrected chi connectivity index (χ3v) is 5.20. The summed E-state index contributed by atoms with van der Waals surface area (Å²) in [6.07, 6.45) is 0.617. The van der Waals surface area contributed by atoms with Crippen molar-refractivity contribution >= 4 is 33.2 Å². The molecule has 2 N–H and O–H groups in total. The van der Waals surface area contributed by atoms with E-state index in [1.807, 2.05) is 12.1 Å². The normalized spacial score (nSPS) is 11.6. The Morgan fingerprint density at radius 1 is 1.32 bits per heavy atom. The van der Waals surface area contributed by atoms with Gasteiger partial charge in [-0.1, -0.05) is 28.1 Å². The molecule has 3 nitrogen and oxygen atoms in total. The van der Waals surface area contributed by atoms with E-state index >= 15 is 0 Å². The second kappa shape index (κ2) is 7.40. The predicted molar refractivity (Wildman–Crippen MR) is 95.2 cm³/mol. The van der Waals surface area contributed by atoms with E-state index in [9.17, 15) is 4.79 Å². The van der Waals surface area contributed by atoms with Crippen LogP contribution in [0.4, 0.5) is 0 Å². The van der Waals surface area contributed by atoms with Crippen molar-refractivity contribution in [3.63, 3.8) is 0 Å². The van der Waals surface area contributed by atoms with Gasteiger partial charge in [0.05, 0.1) is 5.41 Å². The van der Waals surface area contributed by atoms with Crippen molar-refractivity contribution in [3.05, 3.63) is 45.7 Å². The second-order valence-electron chi connectivity index (χ2n) is 5.89. The smallest absolute Gasteiger partial charge is 0.309 e. The number of carboxylic acids is 1. The summed E-state index contributed by atoms with van der Waals surface area (Å²) >= 11 is 5.25. The molecule has 0 aliphatic rings. The van der Waals surface area contributed by atoms with E-state index in [0.29, 0.717) is 13.0 Å². The number of aliphatic carboxylic acids is 1. The quantitative estimate of drug-likeness (QED) is 0.679. The first-order chi connectivity index (χ1) is 10.4. The van der Waals surface area contributed by atoms with Crippen LogP contribution >= 0.6 is 27.3 Å². The van der Waals surface area contributed by atoms with E-state index < -0.39 is 11.4 Å². The number of halogens is 1. The van der Waals surface area contributed by atoms with Crippen molar-refractivity contribution in [2.24, 2.45) is 5.41 Å². The van der Waals surface area contributed by atoms with Crippen LogP contribution < -0.4 is 5.32 Å². The first kappa shape index (κ1) is 17.2. The van der Waals surface area contributed by atoms with Crippen molar-refractivity contribution in [3.8, 4) is 10.4 Å². The predicted octanol–water partition coefficient (Wildman–Crippen LogP) is 4.77. The van der Waals surface area contributed by atoms with Crippen LogP contribution in [-0.2, 0) is 11.3 Å². The molecule has 0 radical (unpaired) electrons. The average Bonchev–Trinajstić information content (AvgIpc) is 2.92. The van der Waals surface area contributed by atoms with Crippen LogP contribution in [0.15, 0.2) is 40.9 Å². The number of carboxylic acid groups (broad SMARTS) is 1. The molecular formula is C17H20BrNO2S. The van der Waals surface area contributed by atoms with Crippen LogP contribution in [0.1, 0.15) is 25.1 Å². The van der Waals surface area contributed by atoms with Gasteiger partial charge in [0.15, 0.2) is 0 Å². The summed E-state index contributed by atoms with van der Waals surface area (Å²) in [4.78, 5) is 13.5. The molecule has 2 rings (SSSR count). The molecule has 0 saturated carbocycles. The van der Waals surface area contributed by atoms with E-state index in [1.54, 1.807) is 25.2 Å². The standard InChI is InChI=1S/C17H20BrNO2S/c1-17(2,16(20)21)8-9-19-11-14-6-7-15(22-14)12-4-3-5-13(18)10-12/h3-7,10,19H,8-9,11H2,1-2H3,(H,20,21). The fourth-order valence-corrected chi connectivity index (χ4v) is 3.36. The van der Waals surface area contributed by atoms with Gasteiger partial charge in [0, 0.05) is 20.8 Å². The highest BCUT2D eigenvalue weighted by molar-refractivity contribution is 9.10. The Morgan fingerprint density at radius 2 is 2.09 bits per heavy atom. The Hall–Kier alpha value is -1.17. The molecule has 0 atom stereocenters. The third-order valence-electron chi connectivity index (χ3n) is 3.58. The summed E-state index contributed by atoms with van der Waals surface area (Å²) in [5, 5.41) is 12.4. The lowest BCUT2D eigenvalue weighted by molar-refractivity contribution is -0.147. The number of hydrogen-bond donors (Lipinski definition) is 2. The SMILES string of the molecule is CC(C)(CCNCc1ccc(-c2cccc(Br)c2)s1)C(=O)O. The largest absolute Gasteiger partial charge is 0.481 e. The van der Waals surface area contributed by atoms with Crippen molar-refractivity contribution in [2.45, 2.75) is 26.8 Å². The van der Waals surface area contributed by atoms with Gasteiger partial charge in [-0.15, -0.1) is 11.3 Å². The van der Waals surface area contributed by atoms with Crippen molar-refractivity contribution in [2.75, 3.05) is 6.54 Å². The summed E-state index contributed by atoms with van der Waals surface area (Å²) in [7, 11) is 0. The maximum Gasteiger partial charge on any atom is 0.309 e. The van der Waals surface area contributed by atoms with Crippen LogP contribution in [0.3, 0.4) is 0 Å². The van der Waals surface area contributed by atoms with Crippen LogP contribution in [0.25, 0.3) is 10.4 Å². The molecule has 0 aliphatic carbocycles. The summed E-state index contributed by atoms with van der Waals surface area (Å²) in [5.41, 5.74) is 0.529. The minimum absolute atomic E-state index is 0.617. The molecule has 1 aromatic heterocycles. The lowest BCUT2D eigenvalue weighted by atomic mass is 9.90.